The molecule has 0 spiro atoms. The van der Waals surface area contributed by atoms with Crippen molar-refractivity contribution in [2.75, 3.05) is 11.5 Å². The smallest absolute Gasteiger partial charge is 0.174 e. The highest BCUT2D eigenvalue weighted by Crippen LogP contribution is 2.42. The molecule has 35 heavy (non-hydrogen) atoms. The molecule has 0 unspecified atom stereocenters. The van der Waals surface area contributed by atoms with E-state index in [1.165, 1.54) is 18.5 Å². The molecule has 1 saturated carbocycles. The van der Waals surface area contributed by atoms with Gasteiger partial charge in [0.1, 0.15) is 11.8 Å². The van der Waals surface area contributed by atoms with Crippen LogP contribution in [-0.2, 0) is 11.3 Å². The number of hydrogen-bond donors (Lipinski definition) is 1. The molecule has 6 nitrogen and oxygen atoms in total. The van der Waals surface area contributed by atoms with Crippen molar-refractivity contribution in [2.45, 2.75) is 69.4 Å². The number of nitrogens with zero attached hydrogens (tertiary/aromatic N) is 3. The lowest BCUT2D eigenvalue weighted by Crippen LogP contribution is -2.31. The third-order valence-electron chi connectivity index (χ3n) is 7.41. The Hall–Kier alpha value is -2.90. The van der Waals surface area contributed by atoms with Gasteiger partial charge in [0.25, 0.3) is 0 Å². The van der Waals surface area contributed by atoms with Crippen LogP contribution in [0.25, 0.3) is 0 Å². The first kappa shape index (κ1) is 22.6. The lowest BCUT2D eigenvalue weighted by molar-refractivity contribution is 0.0961. The maximum atomic E-state index is 6.21. The fraction of sp³-hybridized carbons (Fsp3) is 0.429. The second-order valence-electron chi connectivity index (χ2n) is 9.74. The van der Waals surface area contributed by atoms with E-state index in [9.17, 15) is 0 Å². The Bertz CT molecular complexity index is 1140. The lowest BCUT2D eigenvalue weighted by Gasteiger charge is -2.29. The average molecular weight is 489 g/mol. The molecule has 0 amide bonds. The van der Waals surface area contributed by atoms with Gasteiger partial charge in [-0.2, -0.15) is 0 Å². The number of ether oxygens (including phenoxy) is 2. The summed E-state index contributed by atoms with van der Waals surface area (Å²) in [7, 11) is 0. The summed E-state index contributed by atoms with van der Waals surface area (Å²) in [6, 6.07) is 18.7. The van der Waals surface area contributed by atoms with Crippen LogP contribution in [0, 0.1) is 0 Å². The third-order valence-corrected chi connectivity index (χ3v) is 7.72. The second-order valence-corrected chi connectivity index (χ2v) is 10.1. The highest BCUT2D eigenvalue weighted by atomic mass is 32.1. The molecular weight excluding hydrogens is 456 g/mol. The zero-order valence-electron chi connectivity index (χ0n) is 19.9. The van der Waals surface area contributed by atoms with Gasteiger partial charge >= 0.3 is 0 Å². The molecule has 0 radical (unpaired) electrons. The minimum Gasteiger partial charge on any atom is -0.490 e. The zero-order valence-corrected chi connectivity index (χ0v) is 20.7. The largest absolute Gasteiger partial charge is 0.490 e. The minimum absolute atomic E-state index is 0.0320. The summed E-state index contributed by atoms with van der Waals surface area (Å²) in [5.41, 5.74) is 3.23. The number of nitrogens with one attached hydrogen (secondary N) is 1. The molecule has 2 saturated heterocycles. The molecule has 1 aromatic carbocycles. The van der Waals surface area contributed by atoms with Gasteiger partial charge in [0.05, 0.1) is 23.9 Å². The van der Waals surface area contributed by atoms with Crippen LogP contribution in [0.4, 0.5) is 5.69 Å². The quantitative estimate of drug-likeness (QED) is 0.440. The van der Waals surface area contributed by atoms with E-state index in [1.807, 2.05) is 18.3 Å². The Kier molecular flexibility index (Phi) is 6.44. The summed E-state index contributed by atoms with van der Waals surface area (Å²) in [5.74, 6) is 0.929. The van der Waals surface area contributed by atoms with E-state index < -0.39 is 0 Å². The van der Waals surface area contributed by atoms with Gasteiger partial charge < -0.3 is 24.3 Å². The first-order chi connectivity index (χ1) is 17.3. The summed E-state index contributed by atoms with van der Waals surface area (Å²) < 4.78 is 14.5. The summed E-state index contributed by atoms with van der Waals surface area (Å²) in [5, 5.41) is 4.28. The predicted octanol–water partition coefficient (Wildman–Crippen LogP) is 5.56. The second kappa shape index (κ2) is 9.99. The molecule has 1 N–H and O–H groups in total. The van der Waals surface area contributed by atoms with Gasteiger partial charge in [-0.05, 0) is 99.3 Å². The first-order valence-electron chi connectivity index (χ1n) is 12.8. The summed E-state index contributed by atoms with van der Waals surface area (Å²) in [6.45, 7) is 1.71. The molecule has 3 aromatic rings. The molecular formula is C28H32N4O2S. The molecule has 3 fully saturated rings. The Labute approximate surface area is 212 Å². The molecule has 6 rings (SSSR count). The molecule has 2 aliphatic heterocycles. The number of thiocarbonyl (C=S) groups is 1. The Morgan fingerprint density at radius 1 is 1.00 bits per heavy atom. The molecule has 0 bridgehead atoms. The fourth-order valence-electron chi connectivity index (χ4n) is 5.69. The van der Waals surface area contributed by atoms with Gasteiger partial charge in [0.15, 0.2) is 5.11 Å². The summed E-state index contributed by atoms with van der Waals surface area (Å²) in [6.07, 6.45) is 11.7. The molecule has 1 aliphatic carbocycles. The Morgan fingerprint density at radius 2 is 1.86 bits per heavy atom. The maximum absolute atomic E-state index is 6.21. The highest BCUT2D eigenvalue weighted by molar-refractivity contribution is 7.80. The SMILES string of the molecule is S=C1N[C@@H](c2ccccn2)[C@H](c2cccn2C[C@@H]2CCCO2)N1c1ccc(OC2CCCC2)cc1. The molecule has 3 atom stereocenters. The van der Waals surface area contributed by atoms with Gasteiger partial charge in [-0.1, -0.05) is 6.07 Å². The van der Waals surface area contributed by atoms with Crippen molar-refractivity contribution in [1.29, 1.82) is 0 Å². The van der Waals surface area contributed by atoms with Crippen molar-refractivity contribution in [2.24, 2.45) is 0 Å². The van der Waals surface area contributed by atoms with E-state index in [-0.39, 0.29) is 18.2 Å². The number of benzene rings is 1. The highest BCUT2D eigenvalue weighted by Gasteiger charge is 2.42. The lowest BCUT2D eigenvalue weighted by atomic mass is 10.0. The van der Waals surface area contributed by atoms with Crippen LogP contribution >= 0.6 is 12.2 Å². The molecule has 182 valence electrons. The van der Waals surface area contributed by atoms with E-state index in [0.29, 0.717) is 11.2 Å². The van der Waals surface area contributed by atoms with E-state index >= 15 is 0 Å². The summed E-state index contributed by atoms with van der Waals surface area (Å²) >= 11 is 5.91. The van der Waals surface area contributed by atoms with Gasteiger partial charge in [-0.3, -0.25) is 4.98 Å². The Balaban J connectivity index is 1.33. The average Bonchev–Trinajstić information content (AvgIpc) is 3.69. The van der Waals surface area contributed by atoms with Crippen molar-refractivity contribution in [1.82, 2.24) is 14.9 Å². The van der Waals surface area contributed by atoms with Crippen LogP contribution in [0.15, 0.2) is 67.0 Å². The van der Waals surface area contributed by atoms with Gasteiger partial charge in [0.2, 0.25) is 0 Å². The molecule has 4 heterocycles. The zero-order chi connectivity index (χ0) is 23.6. The monoisotopic (exact) mass is 488 g/mol. The van der Waals surface area contributed by atoms with Gasteiger partial charge in [-0.25, -0.2) is 0 Å². The third kappa shape index (κ3) is 4.67. The normalized spacial score (nSPS) is 24.7. The Morgan fingerprint density at radius 3 is 2.60 bits per heavy atom. The van der Waals surface area contributed by atoms with Crippen LogP contribution in [0.2, 0.25) is 0 Å². The van der Waals surface area contributed by atoms with Crippen LogP contribution in [-0.4, -0.2) is 33.5 Å². The van der Waals surface area contributed by atoms with E-state index in [2.05, 4.69) is 68.4 Å². The number of anilines is 1. The maximum Gasteiger partial charge on any atom is 0.174 e. The molecule has 3 aliphatic rings. The number of aromatic nitrogens is 2. The van der Waals surface area contributed by atoms with Crippen LogP contribution < -0.4 is 15.0 Å². The van der Waals surface area contributed by atoms with Crippen molar-refractivity contribution >= 4 is 23.0 Å². The van der Waals surface area contributed by atoms with Crippen molar-refractivity contribution in [3.63, 3.8) is 0 Å². The molecule has 7 heteroatoms. The number of hydrogen-bond acceptors (Lipinski definition) is 4. The molecule has 2 aromatic heterocycles. The van der Waals surface area contributed by atoms with Crippen molar-refractivity contribution < 1.29 is 9.47 Å². The van der Waals surface area contributed by atoms with E-state index in [0.717, 1.165) is 56.0 Å². The van der Waals surface area contributed by atoms with E-state index in [4.69, 9.17) is 21.7 Å². The predicted molar refractivity (Wildman–Crippen MR) is 141 cm³/mol. The summed E-state index contributed by atoms with van der Waals surface area (Å²) in [4.78, 5) is 6.92. The number of pyridine rings is 1. The van der Waals surface area contributed by atoms with Crippen molar-refractivity contribution in [3.8, 4) is 5.75 Å². The topological polar surface area (TPSA) is 51.5 Å². The van der Waals surface area contributed by atoms with Gasteiger partial charge in [-0.15, -0.1) is 0 Å². The van der Waals surface area contributed by atoms with Crippen LogP contribution in [0.3, 0.4) is 0 Å². The first-order valence-corrected chi connectivity index (χ1v) is 13.2. The number of rotatable bonds is 7. The van der Waals surface area contributed by atoms with E-state index in [1.54, 1.807) is 0 Å². The minimum atomic E-state index is -0.0590. The van der Waals surface area contributed by atoms with Gasteiger partial charge in [0, 0.05) is 36.9 Å². The standard InChI is InChI=1S/C28H32N4O2S/c35-28-30-26(24-10-3-4-16-29-24)27(25-11-5-17-31(25)19-23-9-6-18-33-23)32(28)20-12-14-22(15-13-20)34-21-7-1-2-8-21/h3-5,10-17,21,23,26-27H,1-2,6-9,18-19H2,(H,30,35)/t23-,26-,27-/m0/s1. The van der Waals surface area contributed by atoms with Crippen LogP contribution in [0.1, 0.15) is 62.0 Å². The van der Waals surface area contributed by atoms with Crippen LogP contribution in [0.5, 0.6) is 5.75 Å². The fourth-order valence-corrected chi connectivity index (χ4v) is 6.03. The van der Waals surface area contributed by atoms with Crippen molar-refractivity contribution in [3.05, 3.63) is 78.4 Å².